The largest absolute Gasteiger partial charge is 0.459 e. The second-order valence-electron chi connectivity index (χ2n) is 3.86. The van der Waals surface area contributed by atoms with E-state index in [2.05, 4.69) is 18.5 Å². The summed E-state index contributed by atoms with van der Waals surface area (Å²) in [4.78, 5) is 5.19. The van der Waals surface area contributed by atoms with Crippen LogP contribution in [0.25, 0.3) is 11.0 Å². The summed E-state index contributed by atoms with van der Waals surface area (Å²) in [6.45, 7) is 6.69. The summed E-state index contributed by atoms with van der Waals surface area (Å²) in [5, 5.41) is 1.17. The first-order valence-electron chi connectivity index (χ1n) is 5.59. The van der Waals surface area contributed by atoms with Gasteiger partial charge in [-0.25, -0.2) is 0 Å². The molecule has 0 spiro atoms. The number of fused-ring (bicyclic) bond motifs is 1. The maximum Gasteiger partial charge on any atom is 0.134 e. The van der Waals surface area contributed by atoms with Crippen molar-refractivity contribution < 1.29 is 9.25 Å². The molecule has 0 radical (unpaired) electrons. The van der Waals surface area contributed by atoms with Crippen molar-refractivity contribution in [1.82, 2.24) is 5.48 Å². The Kier molecular flexibility index (Phi) is 3.27. The minimum Gasteiger partial charge on any atom is -0.459 e. The smallest absolute Gasteiger partial charge is 0.134 e. The van der Waals surface area contributed by atoms with E-state index in [0.717, 1.165) is 11.3 Å². The minimum absolute atomic E-state index is 0.0624. The van der Waals surface area contributed by atoms with Gasteiger partial charge in [0.2, 0.25) is 0 Å². The molecule has 0 saturated carbocycles. The van der Waals surface area contributed by atoms with Crippen molar-refractivity contribution in [2.75, 3.05) is 6.61 Å². The molecule has 1 atom stereocenters. The molecule has 1 N–H and O–H groups in total. The first-order valence-corrected chi connectivity index (χ1v) is 5.59. The molecule has 2 aromatic rings. The molecule has 1 unspecified atom stereocenters. The molecule has 0 fully saturated rings. The Hall–Kier alpha value is -1.32. The Labute approximate surface area is 95.3 Å². The SMILES string of the molecule is CCONC(C)c1oc2ccccc2c1C. The highest BCUT2D eigenvalue weighted by atomic mass is 16.6. The number of hydroxylamine groups is 1. The third-order valence-corrected chi connectivity index (χ3v) is 2.68. The Bertz CT molecular complexity index is 476. The molecule has 0 bridgehead atoms. The van der Waals surface area contributed by atoms with Crippen molar-refractivity contribution in [3.63, 3.8) is 0 Å². The summed E-state index contributed by atoms with van der Waals surface area (Å²) < 4.78 is 5.82. The third-order valence-electron chi connectivity index (χ3n) is 2.68. The number of hydrogen-bond donors (Lipinski definition) is 1. The maximum atomic E-state index is 5.82. The van der Waals surface area contributed by atoms with E-state index >= 15 is 0 Å². The van der Waals surface area contributed by atoms with Gasteiger partial charge in [0.1, 0.15) is 11.3 Å². The van der Waals surface area contributed by atoms with Gasteiger partial charge >= 0.3 is 0 Å². The highest BCUT2D eigenvalue weighted by molar-refractivity contribution is 5.82. The third kappa shape index (κ3) is 1.96. The highest BCUT2D eigenvalue weighted by Gasteiger charge is 2.15. The summed E-state index contributed by atoms with van der Waals surface area (Å²) >= 11 is 0. The van der Waals surface area contributed by atoms with Crippen molar-refractivity contribution in [1.29, 1.82) is 0 Å². The predicted octanol–water partition coefficient (Wildman–Crippen LogP) is 3.34. The molecule has 1 heterocycles. The Balaban J connectivity index is 2.33. The number of furan rings is 1. The van der Waals surface area contributed by atoms with Gasteiger partial charge in [0.25, 0.3) is 0 Å². The molecular formula is C13H17NO2. The molecule has 3 nitrogen and oxygen atoms in total. The zero-order valence-electron chi connectivity index (χ0n) is 9.91. The second kappa shape index (κ2) is 4.68. The van der Waals surface area contributed by atoms with Gasteiger partial charge in [-0.05, 0) is 26.8 Å². The summed E-state index contributed by atoms with van der Waals surface area (Å²) in [6.07, 6.45) is 0. The lowest BCUT2D eigenvalue weighted by molar-refractivity contribution is 0.0237. The van der Waals surface area contributed by atoms with E-state index in [1.54, 1.807) is 0 Å². The molecule has 1 aromatic carbocycles. The zero-order valence-corrected chi connectivity index (χ0v) is 9.91. The van der Waals surface area contributed by atoms with Crippen LogP contribution >= 0.6 is 0 Å². The van der Waals surface area contributed by atoms with Crippen molar-refractivity contribution in [2.45, 2.75) is 26.8 Å². The van der Waals surface area contributed by atoms with Crippen LogP contribution in [0.2, 0.25) is 0 Å². The van der Waals surface area contributed by atoms with E-state index in [1.807, 2.05) is 32.0 Å². The number of rotatable bonds is 4. The van der Waals surface area contributed by atoms with Crippen LogP contribution in [-0.2, 0) is 4.84 Å². The average Bonchev–Trinajstić information content (AvgIpc) is 2.64. The monoisotopic (exact) mass is 219 g/mol. The van der Waals surface area contributed by atoms with Crippen molar-refractivity contribution in [2.24, 2.45) is 0 Å². The summed E-state index contributed by atoms with van der Waals surface area (Å²) in [7, 11) is 0. The van der Waals surface area contributed by atoms with Crippen LogP contribution in [-0.4, -0.2) is 6.61 Å². The van der Waals surface area contributed by atoms with Gasteiger partial charge in [0.15, 0.2) is 0 Å². The van der Waals surface area contributed by atoms with Crippen molar-refractivity contribution in [3.05, 3.63) is 35.6 Å². The molecule has 0 aliphatic rings. The molecule has 16 heavy (non-hydrogen) atoms. The van der Waals surface area contributed by atoms with Gasteiger partial charge < -0.3 is 9.25 Å². The van der Waals surface area contributed by atoms with E-state index in [9.17, 15) is 0 Å². The lowest BCUT2D eigenvalue weighted by Crippen LogP contribution is -2.19. The molecule has 0 amide bonds. The van der Waals surface area contributed by atoms with Crippen LogP contribution in [0.3, 0.4) is 0 Å². The van der Waals surface area contributed by atoms with E-state index in [1.165, 1.54) is 10.9 Å². The topological polar surface area (TPSA) is 34.4 Å². The first-order chi connectivity index (χ1) is 7.74. The molecule has 2 rings (SSSR count). The van der Waals surface area contributed by atoms with Crippen molar-refractivity contribution >= 4 is 11.0 Å². The van der Waals surface area contributed by atoms with Gasteiger partial charge in [0.05, 0.1) is 12.6 Å². The fourth-order valence-corrected chi connectivity index (χ4v) is 1.87. The lowest BCUT2D eigenvalue weighted by Gasteiger charge is -2.10. The van der Waals surface area contributed by atoms with Crippen LogP contribution in [0.4, 0.5) is 0 Å². The Morgan fingerprint density at radius 1 is 1.38 bits per heavy atom. The number of para-hydroxylation sites is 1. The van der Waals surface area contributed by atoms with Crippen LogP contribution in [0.1, 0.15) is 31.2 Å². The fourth-order valence-electron chi connectivity index (χ4n) is 1.87. The van der Waals surface area contributed by atoms with E-state index < -0.39 is 0 Å². The quantitative estimate of drug-likeness (QED) is 0.801. The molecular weight excluding hydrogens is 202 g/mol. The van der Waals surface area contributed by atoms with E-state index in [-0.39, 0.29) is 6.04 Å². The number of benzene rings is 1. The van der Waals surface area contributed by atoms with E-state index in [0.29, 0.717) is 6.61 Å². The number of nitrogens with one attached hydrogen (secondary N) is 1. The normalized spacial score (nSPS) is 13.2. The molecule has 0 saturated heterocycles. The average molecular weight is 219 g/mol. The standard InChI is InChI=1S/C13H17NO2/c1-4-15-14-10(3)13-9(2)11-7-5-6-8-12(11)16-13/h5-8,10,14H,4H2,1-3H3. The van der Waals surface area contributed by atoms with Crippen LogP contribution in [0, 0.1) is 6.92 Å². The lowest BCUT2D eigenvalue weighted by atomic mass is 10.1. The number of aryl methyl sites for hydroxylation is 1. The van der Waals surface area contributed by atoms with Crippen LogP contribution in [0.5, 0.6) is 0 Å². The predicted molar refractivity (Wildman–Crippen MR) is 64.1 cm³/mol. The molecule has 0 aliphatic heterocycles. The van der Waals surface area contributed by atoms with Gasteiger partial charge in [-0.3, -0.25) is 0 Å². The minimum atomic E-state index is 0.0624. The molecule has 0 aliphatic carbocycles. The highest BCUT2D eigenvalue weighted by Crippen LogP contribution is 2.28. The van der Waals surface area contributed by atoms with Gasteiger partial charge in [-0.15, -0.1) is 0 Å². The molecule has 86 valence electrons. The fraction of sp³-hybridized carbons (Fsp3) is 0.385. The van der Waals surface area contributed by atoms with Crippen LogP contribution < -0.4 is 5.48 Å². The summed E-state index contributed by atoms with van der Waals surface area (Å²) in [5.74, 6) is 0.939. The molecule has 3 heteroatoms. The summed E-state index contributed by atoms with van der Waals surface area (Å²) in [6, 6.07) is 8.13. The zero-order chi connectivity index (χ0) is 11.5. The maximum absolute atomic E-state index is 5.82. The summed E-state index contributed by atoms with van der Waals surface area (Å²) in [5.41, 5.74) is 5.06. The van der Waals surface area contributed by atoms with Gasteiger partial charge in [0, 0.05) is 10.9 Å². The Morgan fingerprint density at radius 2 is 2.12 bits per heavy atom. The Morgan fingerprint density at radius 3 is 2.81 bits per heavy atom. The second-order valence-corrected chi connectivity index (χ2v) is 3.86. The van der Waals surface area contributed by atoms with Crippen molar-refractivity contribution in [3.8, 4) is 0 Å². The van der Waals surface area contributed by atoms with Gasteiger partial charge in [-0.1, -0.05) is 18.2 Å². The number of hydrogen-bond acceptors (Lipinski definition) is 3. The van der Waals surface area contributed by atoms with E-state index in [4.69, 9.17) is 9.25 Å². The first kappa shape index (κ1) is 11.2. The molecule has 1 aromatic heterocycles. The van der Waals surface area contributed by atoms with Crippen LogP contribution in [0.15, 0.2) is 28.7 Å². The van der Waals surface area contributed by atoms with Gasteiger partial charge in [-0.2, -0.15) is 5.48 Å².